The van der Waals surface area contributed by atoms with E-state index in [1.807, 2.05) is 31.6 Å². The van der Waals surface area contributed by atoms with E-state index in [0.717, 1.165) is 34.9 Å². The van der Waals surface area contributed by atoms with Crippen LogP contribution < -0.4 is 0 Å². The van der Waals surface area contributed by atoms with Gasteiger partial charge in [-0.15, -0.1) is 11.3 Å². The molecule has 0 aromatic carbocycles. The average molecular weight is 540 g/mol. The normalized spacial score (nSPS) is 36.8. The first kappa shape index (κ1) is 29.3. The van der Waals surface area contributed by atoms with E-state index in [1.165, 1.54) is 0 Å². The van der Waals surface area contributed by atoms with Crippen molar-refractivity contribution < 1.29 is 29.3 Å². The van der Waals surface area contributed by atoms with Gasteiger partial charge in [0.1, 0.15) is 16.2 Å². The van der Waals surface area contributed by atoms with E-state index in [1.54, 1.807) is 43.9 Å². The minimum Gasteiger partial charge on any atom is -0.457 e. The number of aliphatic hydroxyl groups is 2. The number of ketones is 1. The summed E-state index contributed by atoms with van der Waals surface area (Å²) in [4.78, 5) is 30.8. The van der Waals surface area contributed by atoms with Crippen LogP contribution in [0.5, 0.6) is 0 Å². The number of cyclic esters (lactones) is 1. The molecule has 3 heterocycles. The maximum absolute atomic E-state index is 13.1. The lowest BCUT2D eigenvalue weighted by Crippen LogP contribution is -2.45. The van der Waals surface area contributed by atoms with Crippen molar-refractivity contribution in [3.63, 3.8) is 0 Å². The number of hydrogen-bond acceptors (Lipinski definition) is 9. The van der Waals surface area contributed by atoms with Crippen molar-refractivity contribution in [2.75, 3.05) is 6.26 Å². The summed E-state index contributed by atoms with van der Waals surface area (Å²) in [6.07, 6.45) is 3.94. The van der Waals surface area contributed by atoms with Crippen LogP contribution in [0.4, 0.5) is 0 Å². The van der Waals surface area contributed by atoms with Crippen LogP contribution in [-0.2, 0) is 19.1 Å². The molecule has 36 heavy (non-hydrogen) atoms. The van der Waals surface area contributed by atoms with Crippen molar-refractivity contribution in [3.8, 4) is 0 Å². The third kappa shape index (κ3) is 6.59. The number of nitrogens with zero attached hydrogens (tertiary/aromatic N) is 1. The van der Waals surface area contributed by atoms with Crippen molar-refractivity contribution in [3.05, 3.63) is 16.6 Å². The second-order valence-electron chi connectivity index (χ2n) is 11.2. The molecule has 0 amide bonds. The zero-order valence-corrected chi connectivity index (χ0v) is 24.1. The van der Waals surface area contributed by atoms with Crippen molar-refractivity contribution in [2.45, 2.75) is 108 Å². The van der Waals surface area contributed by atoms with Crippen molar-refractivity contribution in [2.24, 2.45) is 17.3 Å². The number of ether oxygens (including phenoxy) is 2. The van der Waals surface area contributed by atoms with E-state index in [0.29, 0.717) is 6.42 Å². The van der Waals surface area contributed by atoms with Gasteiger partial charge in [-0.1, -0.05) is 52.3 Å². The van der Waals surface area contributed by atoms with Gasteiger partial charge in [0.15, 0.2) is 0 Å². The molecule has 2 aliphatic rings. The molecule has 0 saturated carbocycles. The highest BCUT2D eigenvalue weighted by molar-refractivity contribution is 8.00. The van der Waals surface area contributed by atoms with Crippen LogP contribution in [0.25, 0.3) is 6.08 Å². The van der Waals surface area contributed by atoms with E-state index in [2.05, 4.69) is 11.9 Å². The molecule has 0 aliphatic carbocycles. The largest absolute Gasteiger partial charge is 0.457 e. The van der Waals surface area contributed by atoms with Crippen molar-refractivity contribution in [1.29, 1.82) is 0 Å². The Bertz CT molecular complexity index is 975. The predicted octanol–water partition coefficient (Wildman–Crippen LogP) is 4.89. The summed E-state index contributed by atoms with van der Waals surface area (Å²) in [7, 11) is 0. The second kappa shape index (κ2) is 11.6. The lowest BCUT2D eigenvalue weighted by atomic mass is 9.74. The van der Waals surface area contributed by atoms with Gasteiger partial charge >= 0.3 is 5.97 Å². The quantitative estimate of drug-likeness (QED) is 0.317. The van der Waals surface area contributed by atoms with Crippen LogP contribution in [0.1, 0.15) is 79.3 Å². The topological polar surface area (TPSA) is 109 Å². The Morgan fingerprint density at radius 3 is 2.56 bits per heavy atom. The Labute approximate surface area is 223 Å². The molecule has 1 aromatic heterocycles. The van der Waals surface area contributed by atoms with Gasteiger partial charge in [-0.25, -0.2) is 4.98 Å². The number of aliphatic hydroxyl groups excluding tert-OH is 2. The number of Topliss-reactive ketones (excluding diaryl/α,β-unsaturated/α-hetero) is 1. The van der Waals surface area contributed by atoms with Crippen LogP contribution >= 0.6 is 23.1 Å². The number of thioether (sulfide) groups is 1. The first-order valence-corrected chi connectivity index (χ1v) is 14.9. The van der Waals surface area contributed by atoms with E-state index in [4.69, 9.17) is 9.47 Å². The number of hydrogen-bond donors (Lipinski definition) is 2. The third-order valence-corrected chi connectivity index (χ3v) is 9.78. The highest BCUT2D eigenvalue weighted by Gasteiger charge is 2.56. The van der Waals surface area contributed by atoms with Crippen LogP contribution in [0.3, 0.4) is 0 Å². The Morgan fingerprint density at radius 1 is 1.22 bits per heavy atom. The van der Waals surface area contributed by atoms with Crippen molar-refractivity contribution in [1.82, 2.24) is 4.98 Å². The molecule has 0 radical (unpaired) electrons. The summed E-state index contributed by atoms with van der Waals surface area (Å²) >= 11 is 3.15. The fourth-order valence-electron chi connectivity index (χ4n) is 5.25. The lowest BCUT2D eigenvalue weighted by Gasteiger charge is -2.33. The van der Waals surface area contributed by atoms with Gasteiger partial charge in [0.2, 0.25) is 0 Å². The smallest absolute Gasteiger partial charge is 0.309 e. The fourth-order valence-corrected chi connectivity index (χ4v) is 6.47. The number of carbonyl (C=O) groups excluding carboxylic acids is 2. The molecular formula is C27H41NO6S2. The maximum atomic E-state index is 13.1. The third-order valence-electron chi connectivity index (χ3n) is 7.90. The number of carbonyl (C=O) groups is 2. The molecule has 1 aromatic rings. The monoisotopic (exact) mass is 539 g/mol. The van der Waals surface area contributed by atoms with Crippen LogP contribution in [0, 0.1) is 17.3 Å². The number of thiazole rings is 1. The molecule has 2 N–H and O–H groups in total. The van der Waals surface area contributed by atoms with Crippen molar-refractivity contribution >= 4 is 40.9 Å². The molecule has 3 rings (SSSR count). The number of rotatable bonds is 3. The summed E-state index contributed by atoms with van der Waals surface area (Å²) in [5.41, 5.74) is 0.155. The Balaban J connectivity index is 1.88. The summed E-state index contributed by atoms with van der Waals surface area (Å²) in [6, 6.07) is 0. The van der Waals surface area contributed by atoms with Crippen LogP contribution in [0.2, 0.25) is 0 Å². The summed E-state index contributed by atoms with van der Waals surface area (Å²) in [5.74, 6) is -1.58. The van der Waals surface area contributed by atoms with E-state index < -0.39 is 35.6 Å². The molecule has 2 saturated heterocycles. The van der Waals surface area contributed by atoms with Gasteiger partial charge in [-0.2, -0.15) is 0 Å². The molecule has 0 spiro atoms. The van der Waals surface area contributed by atoms with E-state index in [9.17, 15) is 19.8 Å². The molecule has 7 unspecified atom stereocenters. The average Bonchev–Trinajstić information content (AvgIpc) is 3.29. The zero-order valence-electron chi connectivity index (χ0n) is 22.4. The van der Waals surface area contributed by atoms with Gasteiger partial charge in [0.05, 0.1) is 41.4 Å². The van der Waals surface area contributed by atoms with Gasteiger partial charge in [0, 0.05) is 17.2 Å². The SMILES string of the molecule is CSc1nc(C=C(C)C2OC(=O)CC(O)C(C)(C)C(=O)C(C)C(O)CCCCC3(C)OC3C2C)cs1. The molecule has 2 aliphatic heterocycles. The molecule has 7 nitrogen and oxygen atoms in total. The highest BCUT2D eigenvalue weighted by Crippen LogP contribution is 2.47. The lowest BCUT2D eigenvalue weighted by molar-refractivity contribution is -0.156. The van der Waals surface area contributed by atoms with Gasteiger partial charge < -0.3 is 19.7 Å². The van der Waals surface area contributed by atoms with E-state index in [-0.39, 0.29) is 29.8 Å². The maximum Gasteiger partial charge on any atom is 0.309 e. The van der Waals surface area contributed by atoms with Gasteiger partial charge in [-0.3, -0.25) is 9.59 Å². The van der Waals surface area contributed by atoms with E-state index >= 15 is 0 Å². The minimum absolute atomic E-state index is 0.0736. The number of fused-ring (bicyclic) bond motifs is 1. The van der Waals surface area contributed by atoms with Crippen LogP contribution in [0.15, 0.2) is 15.3 Å². The zero-order chi connectivity index (χ0) is 26.8. The molecule has 9 heteroatoms. The van der Waals surface area contributed by atoms with Gasteiger partial charge in [-0.05, 0) is 44.6 Å². The first-order valence-electron chi connectivity index (χ1n) is 12.8. The second-order valence-corrected chi connectivity index (χ2v) is 13.1. The molecule has 0 bridgehead atoms. The number of epoxide rings is 1. The predicted molar refractivity (Wildman–Crippen MR) is 143 cm³/mol. The standard InChI is InChI=1S/C27H41NO6S2/c1-15(12-18-14-36-25(28-18)35-7)22-17(3)24-27(6,34-24)11-9-8-10-19(29)16(2)23(32)26(4,5)20(30)13-21(31)33-22/h12,14,16-17,19-20,22,24,29-30H,8-11,13H2,1-7H3. The van der Waals surface area contributed by atoms with Gasteiger partial charge in [0.25, 0.3) is 0 Å². The Morgan fingerprint density at radius 2 is 1.92 bits per heavy atom. The fraction of sp³-hybridized carbons (Fsp3) is 0.741. The van der Waals surface area contributed by atoms with Crippen LogP contribution in [-0.4, -0.2) is 63.2 Å². The Hall–Kier alpha value is -1.26. The number of aromatic nitrogens is 1. The Kier molecular flexibility index (Phi) is 9.47. The first-order chi connectivity index (χ1) is 16.8. The summed E-state index contributed by atoms with van der Waals surface area (Å²) in [6.45, 7) is 11.0. The molecule has 7 atom stereocenters. The highest BCUT2D eigenvalue weighted by atomic mass is 32.2. The number of esters is 1. The minimum atomic E-state index is -1.23. The summed E-state index contributed by atoms with van der Waals surface area (Å²) < 4.78 is 13.1. The summed E-state index contributed by atoms with van der Waals surface area (Å²) in [5, 5.41) is 23.5. The molecule has 202 valence electrons. The molecular weight excluding hydrogens is 498 g/mol. The molecule has 2 fully saturated rings.